The number of aromatic amines is 1. The van der Waals surface area contributed by atoms with E-state index in [1.54, 1.807) is 0 Å². The van der Waals surface area contributed by atoms with E-state index in [1.165, 1.54) is 0 Å². The number of benzene rings is 3. The molecule has 0 radical (unpaired) electrons. The summed E-state index contributed by atoms with van der Waals surface area (Å²) < 4.78 is 5.92. The van der Waals surface area contributed by atoms with Crippen LogP contribution in [0.2, 0.25) is 0 Å². The molecule has 5 nitrogen and oxygen atoms in total. The summed E-state index contributed by atoms with van der Waals surface area (Å²) in [7, 11) is 4.07. The van der Waals surface area contributed by atoms with Crippen molar-refractivity contribution in [1.29, 1.82) is 0 Å². The fraction of sp³-hybridized carbons (Fsp3) is 0.0769. The van der Waals surface area contributed by atoms with Gasteiger partial charge in [-0.05, 0) is 54.6 Å². The van der Waals surface area contributed by atoms with Gasteiger partial charge in [-0.3, -0.25) is 5.10 Å². The van der Waals surface area contributed by atoms with Crippen molar-refractivity contribution in [3.63, 3.8) is 0 Å². The van der Waals surface area contributed by atoms with E-state index in [0.29, 0.717) is 0 Å². The Morgan fingerprint density at radius 2 is 1.45 bits per heavy atom. The van der Waals surface area contributed by atoms with Crippen LogP contribution in [0, 0.1) is 0 Å². The van der Waals surface area contributed by atoms with E-state index in [-0.39, 0.29) is 0 Å². The van der Waals surface area contributed by atoms with Gasteiger partial charge in [0, 0.05) is 36.3 Å². The Labute approximate surface area is 181 Å². The van der Waals surface area contributed by atoms with Crippen LogP contribution in [0.5, 0.6) is 11.5 Å². The zero-order valence-corrected chi connectivity index (χ0v) is 17.4. The van der Waals surface area contributed by atoms with Crippen LogP contribution in [0.1, 0.15) is 0 Å². The van der Waals surface area contributed by atoms with Crippen LogP contribution in [0.15, 0.2) is 91.1 Å². The number of H-pyrrole nitrogens is 1. The average molecular weight is 406 g/mol. The minimum absolute atomic E-state index is 0.786. The van der Waals surface area contributed by atoms with Gasteiger partial charge < -0.3 is 9.64 Å². The Morgan fingerprint density at radius 1 is 0.774 bits per heavy atom. The topological polar surface area (TPSA) is 54.0 Å². The Bertz CT molecular complexity index is 1310. The van der Waals surface area contributed by atoms with E-state index in [0.717, 1.165) is 50.6 Å². The van der Waals surface area contributed by atoms with Gasteiger partial charge in [0.2, 0.25) is 0 Å². The van der Waals surface area contributed by atoms with Crippen molar-refractivity contribution in [2.75, 3.05) is 19.0 Å². The largest absolute Gasteiger partial charge is 0.457 e. The van der Waals surface area contributed by atoms with Crippen LogP contribution in [0.3, 0.4) is 0 Å². The van der Waals surface area contributed by atoms with E-state index in [1.807, 2.05) is 81.0 Å². The molecule has 3 aromatic carbocycles. The molecule has 0 aliphatic carbocycles. The van der Waals surface area contributed by atoms with Gasteiger partial charge in [0.15, 0.2) is 0 Å². The molecule has 5 heteroatoms. The zero-order chi connectivity index (χ0) is 21.2. The summed E-state index contributed by atoms with van der Waals surface area (Å²) >= 11 is 0. The normalized spacial score (nSPS) is 10.9. The van der Waals surface area contributed by atoms with Gasteiger partial charge >= 0.3 is 0 Å². The van der Waals surface area contributed by atoms with Crippen molar-refractivity contribution in [1.82, 2.24) is 15.2 Å². The third-order valence-electron chi connectivity index (χ3n) is 5.22. The highest BCUT2D eigenvalue weighted by Crippen LogP contribution is 2.32. The van der Waals surface area contributed by atoms with Gasteiger partial charge in [-0.25, -0.2) is 4.98 Å². The number of fused-ring (bicyclic) bond motifs is 1. The predicted molar refractivity (Wildman–Crippen MR) is 126 cm³/mol. The highest BCUT2D eigenvalue weighted by Gasteiger charge is 2.12. The van der Waals surface area contributed by atoms with Crippen molar-refractivity contribution in [3.05, 3.63) is 91.1 Å². The lowest BCUT2D eigenvalue weighted by atomic mass is 10.0. The van der Waals surface area contributed by atoms with Gasteiger partial charge in [0.1, 0.15) is 11.5 Å². The molecule has 0 aliphatic rings. The number of pyridine rings is 1. The molecule has 0 fully saturated rings. The smallest absolute Gasteiger partial charge is 0.127 e. The van der Waals surface area contributed by atoms with Crippen LogP contribution in [-0.4, -0.2) is 29.3 Å². The summed E-state index contributed by atoms with van der Waals surface area (Å²) in [5.41, 5.74) is 5.98. The van der Waals surface area contributed by atoms with Gasteiger partial charge in [-0.15, -0.1) is 0 Å². The van der Waals surface area contributed by atoms with Crippen molar-refractivity contribution >= 4 is 16.6 Å². The molecular weight excluding hydrogens is 384 g/mol. The van der Waals surface area contributed by atoms with Crippen LogP contribution >= 0.6 is 0 Å². The summed E-state index contributed by atoms with van der Waals surface area (Å²) in [4.78, 5) is 7.07. The SMILES string of the molecule is CN(C)c1ccc(-c2cc3[nH]ncc3c(-c3ccc(Oc4ccccc4)cc3)n2)cc1. The number of para-hydroxylation sites is 1. The Balaban J connectivity index is 1.51. The third kappa shape index (κ3) is 3.85. The molecule has 1 N–H and O–H groups in total. The summed E-state index contributed by atoms with van der Waals surface area (Å²) in [5, 5.41) is 8.32. The fourth-order valence-electron chi connectivity index (χ4n) is 3.55. The Kier molecular flexibility index (Phi) is 4.84. The molecule has 31 heavy (non-hydrogen) atoms. The average Bonchev–Trinajstić information content (AvgIpc) is 3.29. The first kappa shape index (κ1) is 18.9. The number of hydrogen-bond donors (Lipinski definition) is 1. The summed E-state index contributed by atoms with van der Waals surface area (Å²) in [6.45, 7) is 0. The second-order valence-corrected chi connectivity index (χ2v) is 7.57. The van der Waals surface area contributed by atoms with Gasteiger partial charge in [-0.1, -0.05) is 30.3 Å². The lowest BCUT2D eigenvalue weighted by Crippen LogP contribution is -2.07. The standard InChI is InChI=1S/C26H22N4O/c1-30(2)20-12-8-18(9-13-20)24-16-25-23(17-27-29-25)26(28-24)19-10-14-22(15-11-19)31-21-6-4-3-5-7-21/h3-17H,1-2H3,(H,27,29). The van der Waals surface area contributed by atoms with Gasteiger partial charge in [0.05, 0.1) is 23.1 Å². The zero-order valence-electron chi connectivity index (χ0n) is 17.4. The molecule has 0 spiro atoms. The van der Waals surface area contributed by atoms with Crippen LogP contribution in [0.25, 0.3) is 33.4 Å². The van der Waals surface area contributed by atoms with E-state index >= 15 is 0 Å². The van der Waals surface area contributed by atoms with Gasteiger partial charge in [0.25, 0.3) is 0 Å². The first-order valence-electron chi connectivity index (χ1n) is 10.1. The fourth-order valence-corrected chi connectivity index (χ4v) is 3.55. The summed E-state index contributed by atoms with van der Waals surface area (Å²) in [6, 6.07) is 28.2. The van der Waals surface area contributed by atoms with Crippen LogP contribution in [0.4, 0.5) is 5.69 Å². The second-order valence-electron chi connectivity index (χ2n) is 7.57. The number of rotatable bonds is 5. The lowest BCUT2D eigenvalue weighted by Gasteiger charge is -2.13. The predicted octanol–water partition coefficient (Wildman–Crippen LogP) is 6.15. The van der Waals surface area contributed by atoms with Crippen molar-refractivity contribution < 1.29 is 4.74 Å². The van der Waals surface area contributed by atoms with Crippen LogP contribution in [-0.2, 0) is 0 Å². The van der Waals surface area contributed by atoms with Crippen molar-refractivity contribution in [2.45, 2.75) is 0 Å². The second kappa shape index (κ2) is 7.95. The number of nitrogens with zero attached hydrogens (tertiary/aromatic N) is 3. The highest BCUT2D eigenvalue weighted by molar-refractivity contribution is 5.94. The lowest BCUT2D eigenvalue weighted by molar-refractivity contribution is 0.483. The van der Waals surface area contributed by atoms with Crippen molar-refractivity contribution in [3.8, 4) is 34.0 Å². The number of anilines is 1. The number of hydrogen-bond acceptors (Lipinski definition) is 4. The molecule has 0 bridgehead atoms. The minimum atomic E-state index is 0.786. The summed E-state index contributed by atoms with van der Waals surface area (Å²) in [5.74, 6) is 1.60. The molecule has 0 aliphatic heterocycles. The number of aromatic nitrogens is 3. The molecular formula is C26H22N4O. The minimum Gasteiger partial charge on any atom is -0.457 e. The number of ether oxygens (including phenoxy) is 1. The quantitative estimate of drug-likeness (QED) is 0.380. The van der Waals surface area contributed by atoms with Crippen LogP contribution < -0.4 is 9.64 Å². The number of nitrogens with one attached hydrogen (secondary N) is 1. The maximum atomic E-state index is 5.92. The maximum absolute atomic E-state index is 5.92. The summed E-state index contributed by atoms with van der Waals surface area (Å²) in [6.07, 6.45) is 1.82. The van der Waals surface area contributed by atoms with E-state index in [9.17, 15) is 0 Å². The maximum Gasteiger partial charge on any atom is 0.127 e. The third-order valence-corrected chi connectivity index (χ3v) is 5.22. The molecule has 5 aromatic rings. The first-order valence-corrected chi connectivity index (χ1v) is 10.1. The molecule has 152 valence electrons. The molecule has 0 atom stereocenters. The Morgan fingerprint density at radius 3 is 2.16 bits per heavy atom. The van der Waals surface area contributed by atoms with E-state index in [2.05, 4.69) is 39.4 Å². The molecule has 0 unspecified atom stereocenters. The Hall–Kier alpha value is -4.12. The van der Waals surface area contributed by atoms with E-state index < -0.39 is 0 Å². The van der Waals surface area contributed by atoms with Crippen molar-refractivity contribution in [2.24, 2.45) is 0 Å². The molecule has 2 aromatic heterocycles. The first-order chi connectivity index (χ1) is 15.2. The van der Waals surface area contributed by atoms with Gasteiger partial charge in [-0.2, -0.15) is 5.10 Å². The molecule has 5 rings (SSSR count). The molecule has 0 saturated heterocycles. The molecule has 0 amide bonds. The molecule has 2 heterocycles. The highest BCUT2D eigenvalue weighted by atomic mass is 16.5. The van der Waals surface area contributed by atoms with E-state index in [4.69, 9.17) is 9.72 Å². The molecule has 0 saturated carbocycles. The monoisotopic (exact) mass is 406 g/mol.